The lowest BCUT2D eigenvalue weighted by Gasteiger charge is -2.13. The summed E-state index contributed by atoms with van der Waals surface area (Å²) in [4.78, 5) is 7.46. The first kappa shape index (κ1) is 12.6. The lowest BCUT2D eigenvalue weighted by molar-refractivity contribution is 0.0854. The van der Waals surface area contributed by atoms with E-state index in [1.165, 1.54) is 0 Å². The summed E-state index contributed by atoms with van der Waals surface area (Å²) in [6.07, 6.45) is 1.03. The van der Waals surface area contributed by atoms with Crippen molar-refractivity contribution in [2.45, 2.75) is 20.0 Å². The van der Waals surface area contributed by atoms with E-state index in [-0.39, 0.29) is 17.9 Å². The quantitative estimate of drug-likeness (QED) is 0.493. The Morgan fingerprint density at radius 3 is 3.00 bits per heavy atom. The molecule has 0 aliphatic carbocycles. The molecule has 0 saturated carbocycles. The number of hydrazine groups is 1. The minimum absolute atomic E-state index is 0.0198. The maximum atomic E-state index is 13.2. The Morgan fingerprint density at radius 1 is 1.62 bits per heavy atom. The lowest BCUT2D eigenvalue weighted by atomic mass is 10.4. The van der Waals surface area contributed by atoms with E-state index < -0.39 is 5.82 Å². The highest BCUT2D eigenvalue weighted by molar-refractivity contribution is 5.40. The average molecular weight is 229 g/mol. The second-order valence-corrected chi connectivity index (χ2v) is 3.18. The van der Waals surface area contributed by atoms with Gasteiger partial charge in [0.25, 0.3) is 0 Å². The van der Waals surface area contributed by atoms with Crippen LogP contribution in [0.3, 0.4) is 0 Å². The molecule has 1 heterocycles. The Morgan fingerprint density at radius 2 is 2.38 bits per heavy atom. The fraction of sp³-hybridized carbons (Fsp3) is 0.556. The minimum Gasteiger partial charge on any atom is -0.377 e. The molecule has 0 radical (unpaired) electrons. The van der Waals surface area contributed by atoms with E-state index in [0.717, 1.165) is 6.20 Å². The zero-order valence-electron chi connectivity index (χ0n) is 9.33. The van der Waals surface area contributed by atoms with Gasteiger partial charge in [-0.25, -0.2) is 15.2 Å². The summed E-state index contributed by atoms with van der Waals surface area (Å²) in [7, 11) is 0. The van der Waals surface area contributed by atoms with Crippen molar-refractivity contribution < 1.29 is 9.13 Å². The molecular formula is C9H16FN5O. The van der Waals surface area contributed by atoms with Crippen molar-refractivity contribution in [3.8, 4) is 0 Å². The molecule has 0 fully saturated rings. The molecule has 16 heavy (non-hydrogen) atoms. The summed E-state index contributed by atoms with van der Waals surface area (Å²) >= 11 is 0. The Bertz CT molecular complexity index is 336. The third-order valence-corrected chi connectivity index (χ3v) is 1.88. The molecule has 0 aromatic carbocycles. The van der Waals surface area contributed by atoms with Crippen molar-refractivity contribution in [2.24, 2.45) is 5.84 Å². The predicted octanol–water partition coefficient (Wildman–Crippen LogP) is 0.738. The first-order valence-corrected chi connectivity index (χ1v) is 5.02. The molecule has 1 atom stereocenters. The van der Waals surface area contributed by atoms with E-state index in [4.69, 9.17) is 10.6 Å². The molecule has 1 aromatic heterocycles. The van der Waals surface area contributed by atoms with Gasteiger partial charge in [0.15, 0.2) is 11.6 Å². The van der Waals surface area contributed by atoms with E-state index >= 15 is 0 Å². The highest BCUT2D eigenvalue weighted by atomic mass is 19.1. The average Bonchev–Trinajstić information content (AvgIpc) is 2.28. The van der Waals surface area contributed by atoms with Crippen LogP contribution in [0.2, 0.25) is 0 Å². The molecule has 0 spiro atoms. The van der Waals surface area contributed by atoms with Gasteiger partial charge in [-0.2, -0.15) is 4.98 Å². The summed E-state index contributed by atoms with van der Waals surface area (Å²) in [5.74, 6) is 4.86. The van der Waals surface area contributed by atoms with Crippen LogP contribution in [-0.2, 0) is 4.74 Å². The molecule has 4 N–H and O–H groups in total. The maximum Gasteiger partial charge on any atom is 0.239 e. The number of anilines is 2. The monoisotopic (exact) mass is 229 g/mol. The number of aromatic nitrogens is 2. The van der Waals surface area contributed by atoms with E-state index in [2.05, 4.69) is 20.7 Å². The van der Waals surface area contributed by atoms with E-state index in [1.807, 2.05) is 13.8 Å². The van der Waals surface area contributed by atoms with Gasteiger partial charge in [0.2, 0.25) is 5.95 Å². The highest BCUT2D eigenvalue weighted by Crippen LogP contribution is 2.11. The van der Waals surface area contributed by atoms with Crippen molar-refractivity contribution in [3.63, 3.8) is 0 Å². The molecular weight excluding hydrogens is 213 g/mol. The van der Waals surface area contributed by atoms with Gasteiger partial charge in [-0.1, -0.05) is 0 Å². The van der Waals surface area contributed by atoms with Gasteiger partial charge in [-0.3, -0.25) is 5.43 Å². The molecule has 6 nitrogen and oxygen atoms in total. The van der Waals surface area contributed by atoms with E-state index in [0.29, 0.717) is 13.2 Å². The van der Waals surface area contributed by atoms with Crippen LogP contribution in [0, 0.1) is 5.82 Å². The summed E-state index contributed by atoms with van der Waals surface area (Å²) in [5.41, 5.74) is 2.25. The van der Waals surface area contributed by atoms with Gasteiger partial charge in [-0.15, -0.1) is 0 Å². The third-order valence-electron chi connectivity index (χ3n) is 1.88. The van der Waals surface area contributed by atoms with Gasteiger partial charge in [0.05, 0.1) is 12.3 Å². The van der Waals surface area contributed by atoms with Crippen molar-refractivity contribution in [2.75, 3.05) is 23.9 Å². The van der Waals surface area contributed by atoms with Crippen LogP contribution in [0.4, 0.5) is 16.2 Å². The number of nitrogen functional groups attached to an aromatic ring is 1. The van der Waals surface area contributed by atoms with Crippen molar-refractivity contribution in [1.29, 1.82) is 0 Å². The molecule has 0 amide bonds. The number of halogens is 1. The van der Waals surface area contributed by atoms with E-state index in [9.17, 15) is 4.39 Å². The number of nitrogens with zero attached hydrogens (tertiary/aromatic N) is 2. The highest BCUT2D eigenvalue weighted by Gasteiger charge is 2.07. The smallest absolute Gasteiger partial charge is 0.239 e. The normalized spacial score (nSPS) is 12.2. The van der Waals surface area contributed by atoms with Gasteiger partial charge < -0.3 is 10.1 Å². The number of nitrogens with two attached hydrogens (primary N) is 1. The lowest BCUT2D eigenvalue weighted by Crippen LogP contribution is -2.21. The molecule has 90 valence electrons. The summed E-state index contributed by atoms with van der Waals surface area (Å²) in [6, 6.07) is 0. The van der Waals surface area contributed by atoms with Crippen LogP contribution >= 0.6 is 0 Å². The standard InChI is InChI=1S/C9H16FN5O/c1-3-16-6(2)4-12-8-7(10)5-13-9(14-8)15-11/h5-6H,3-4,11H2,1-2H3,(H2,12,13,14,15). The molecule has 0 bridgehead atoms. The Kier molecular flexibility index (Phi) is 4.87. The fourth-order valence-corrected chi connectivity index (χ4v) is 1.14. The van der Waals surface area contributed by atoms with Crippen LogP contribution in [0.1, 0.15) is 13.8 Å². The van der Waals surface area contributed by atoms with Crippen LogP contribution in [-0.4, -0.2) is 29.2 Å². The van der Waals surface area contributed by atoms with Gasteiger partial charge >= 0.3 is 0 Å². The number of ether oxygens (including phenoxy) is 1. The fourth-order valence-electron chi connectivity index (χ4n) is 1.14. The number of nitrogens with one attached hydrogen (secondary N) is 2. The molecule has 0 aliphatic rings. The molecule has 0 aliphatic heterocycles. The number of hydrogen-bond acceptors (Lipinski definition) is 6. The largest absolute Gasteiger partial charge is 0.377 e. The molecule has 1 unspecified atom stereocenters. The van der Waals surface area contributed by atoms with Crippen molar-refractivity contribution >= 4 is 11.8 Å². The SMILES string of the molecule is CCOC(C)CNc1nc(NN)ncc1F. The second kappa shape index (κ2) is 6.19. The molecule has 0 saturated heterocycles. The van der Waals surface area contributed by atoms with E-state index in [1.54, 1.807) is 0 Å². The summed E-state index contributed by atoms with van der Waals surface area (Å²) in [6.45, 7) is 4.87. The van der Waals surface area contributed by atoms with Crippen molar-refractivity contribution in [3.05, 3.63) is 12.0 Å². The summed E-state index contributed by atoms with van der Waals surface area (Å²) < 4.78 is 18.5. The van der Waals surface area contributed by atoms with Crippen LogP contribution in [0.25, 0.3) is 0 Å². The predicted molar refractivity (Wildman–Crippen MR) is 59.4 cm³/mol. The number of rotatable bonds is 6. The number of hydrogen-bond donors (Lipinski definition) is 3. The van der Waals surface area contributed by atoms with Crippen LogP contribution in [0.15, 0.2) is 6.20 Å². The topological polar surface area (TPSA) is 85.1 Å². The third kappa shape index (κ3) is 3.59. The van der Waals surface area contributed by atoms with Crippen LogP contribution < -0.4 is 16.6 Å². The Hall–Kier alpha value is -1.47. The zero-order chi connectivity index (χ0) is 12.0. The van der Waals surface area contributed by atoms with Crippen molar-refractivity contribution in [1.82, 2.24) is 9.97 Å². The first-order valence-electron chi connectivity index (χ1n) is 5.02. The van der Waals surface area contributed by atoms with Gasteiger partial charge in [0.1, 0.15) is 0 Å². The van der Waals surface area contributed by atoms with Gasteiger partial charge in [0, 0.05) is 13.2 Å². The second-order valence-electron chi connectivity index (χ2n) is 3.18. The Labute approximate surface area is 93.4 Å². The first-order chi connectivity index (χ1) is 7.67. The molecule has 7 heteroatoms. The zero-order valence-corrected chi connectivity index (χ0v) is 9.33. The minimum atomic E-state index is -0.525. The molecule has 1 aromatic rings. The maximum absolute atomic E-state index is 13.2. The summed E-state index contributed by atoms with van der Waals surface area (Å²) in [5, 5.41) is 2.83. The Balaban J connectivity index is 2.58. The molecule has 1 rings (SSSR count). The van der Waals surface area contributed by atoms with Gasteiger partial charge in [-0.05, 0) is 13.8 Å². The van der Waals surface area contributed by atoms with Crippen LogP contribution in [0.5, 0.6) is 0 Å².